The zero-order chi connectivity index (χ0) is 16.1. The Labute approximate surface area is 140 Å². The van der Waals surface area contributed by atoms with Crippen LogP contribution >= 0.6 is 11.6 Å². The molecule has 0 bridgehead atoms. The number of hydrogen-bond donors (Lipinski definition) is 2. The van der Waals surface area contributed by atoms with Gasteiger partial charge in [0.1, 0.15) is 0 Å². The van der Waals surface area contributed by atoms with Crippen LogP contribution in [0.3, 0.4) is 0 Å². The summed E-state index contributed by atoms with van der Waals surface area (Å²) in [6.45, 7) is 0. The molecule has 0 radical (unpaired) electrons. The van der Waals surface area contributed by atoms with Gasteiger partial charge in [-0.15, -0.1) is 0 Å². The van der Waals surface area contributed by atoms with E-state index in [4.69, 9.17) is 16.3 Å². The fraction of sp³-hybridized carbons (Fsp3) is 0.438. The molecule has 0 amide bonds. The topological polar surface area (TPSA) is 72.0 Å². The Morgan fingerprint density at radius 2 is 1.70 bits per heavy atom. The highest BCUT2D eigenvalue weighted by atomic mass is 35.5. The maximum Gasteiger partial charge on any atom is 0.322 e. The molecule has 2 aromatic rings. The maximum atomic E-state index is 5.90. The molecule has 23 heavy (non-hydrogen) atoms. The van der Waals surface area contributed by atoms with E-state index < -0.39 is 0 Å². The number of aromatic nitrogens is 3. The van der Waals surface area contributed by atoms with Crippen molar-refractivity contribution in [3.05, 3.63) is 29.3 Å². The molecule has 1 aromatic heterocycles. The number of ether oxygens (including phenoxy) is 1. The van der Waals surface area contributed by atoms with Crippen LogP contribution in [0.5, 0.6) is 6.01 Å². The average molecular weight is 334 g/mol. The van der Waals surface area contributed by atoms with Gasteiger partial charge in [-0.05, 0) is 37.1 Å². The van der Waals surface area contributed by atoms with E-state index in [1.807, 2.05) is 24.3 Å². The number of rotatable bonds is 5. The van der Waals surface area contributed by atoms with Gasteiger partial charge in [0, 0.05) is 16.8 Å². The fourth-order valence-electron chi connectivity index (χ4n) is 2.66. The number of benzene rings is 1. The molecule has 6 nitrogen and oxygen atoms in total. The fourth-order valence-corrected chi connectivity index (χ4v) is 2.79. The highest BCUT2D eigenvalue weighted by molar-refractivity contribution is 6.30. The van der Waals surface area contributed by atoms with Crippen molar-refractivity contribution in [1.82, 2.24) is 15.0 Å². The number of hydrogen-bond acceptors (Lipinski definition) is 6. The van der Waals surface area contributed by atoms with Crippen molar-refractivity contribution in [2.75, 3.05) is 17.7 Å². The second-order valence-electron chi connectivity index (χ2n) is 5.58. The van der Waals surface area contributed by atoms with E-state index in [9.17, 15) is 0 Å². The number of anilines is 3. The van der Waals surface area contributed by atoms with Crippen LogP contribution in [-0.4, -0.2) is 28.1 Å². The Kier molecular flexibility index (Phi) is 5.12. The maximum absolute atomic E-state index is 5.90. The molecular formula is C16H20ClN5O. The van der Waals surface area contributed by atoms with Crippen LogP contribution in [0.2, 0.25) is 5.02 Å². The Bertz CT molecular complexity index is 643. The van der Waals surface area contributed by atoms with Gasteiger partial charge in [0.15, 0.2) is 0 Å². The normalized spacial score (nSPS) is 15.2. The summed E-state index contributed by atoms with van der Waals surface area (Å²) in [5.41, 5.74) is 0.853. The summed E-state index contributed by atoms with van der Waals surface area (Å²) in [5.74, 6) is 0.984. The first-order valence-corrected chi connectivity index (χ1v) is 8.20. The molecule has 0 atom stereocenters. The van der Waals surface area contributed by atoms with Crippen molar-refractivity contribution < 1.29 is 4.74 Å². The van der Waals surface area contributed by atoms with Crippen molar-refractivity contribution >= 4 is 29.2 Å². The molecule has 7 heteroatoms. The van der Waals surface area contributed by atoms with E-state index in [-0.39, 0.29) is 6.01 Å². The van der Waals surface area contributed by atoms with Crippen molar-refractivity contribution in [2.24, 2.45) is 0 Å². The molecule has 1 aliphatic carbocycles. The van der Waals surface area contributed by atoms with Crippen LogP contribution < -0.4 is 15.4 Å². The van der Waals surface area contributed by atoms with Crippen LogP contribution in [0.1, 0.15) is 32.1 Å². The molecule has 122 valence electrons. The number of nitrogens with one attached hydrogen (secondary N) is 2. The van der Waals surface area contributed by atoms with Crippen LogP contribution in [0, 0.1) is 0 Å². The van der Waals surface area contributed by atoms with Crippen molar-refractivity contribution in [3.63, 3.8) is 0 Å². The van der Waals surface area contributed by atoms with Crippen molar-refractivity contribution in [3.8, 4) is 6.01 Å². The molecule has 1 aromatic carbocycles. The molecule has 0 aliphatic heterocycles. The van der Waals surface area contributed by atoms with E-state index in [0.717, 1.165) is 18.5 Å². The summed E-state index contributed by atoms with van der Waals surface area (Å²) in [6.07, 6.45) is 6.09. The smallest absolute Gasteiger partial charge is 0.322 e. The summed E-state index contributed by atoms with van der Waals surface area (Å²) in [7, 11) is 1.55. The Morgan fingerprint density at radius 3 is 2.39 bits per heavy atom. The lowest BCUT2D eigenvalue weighted by Crippen LogP contribution is -2.24. The zero-order valence-corrected chi connectivity index (χ0v) is 13.8. The van der Waals surface area contributed by atoms with E-state index in [1.54, 1.807) is 7.11 Å². The SMILES string of the molecule is COc1nc(Nc2ccc(Cl)cc2)nc(NC2CCCCC2)n1. The predicted molar refractivity (Wildman–Crippen MR) is 91.6 cm³/mol. The number of methoxy groups -OCH3 is 1. The Balaban J connectivity index is 1.76. The Morgan fingerprint density at radius 1 is 1.00 bits per heavy atom. The monoisotopic (exact) mass is 333 g/mol. The summed E-state index contributed by atoms with van der Waals surface area (Å²) in [4.78, 5) is 13.0. The lowest BCUT2D eigenvalue weighted by atomic mass is 9.96. The first-order valence-electron chi connectivity index (χ1n) is 7.82. The molecule has 3 rings (SSSR count). The first-order chi connectivity index (χ1) is 11.2. The Hall–Kier alpha value is -2.08. The lowest BCUT2D eigenvalue weighted by Gasteiger charge is -2.22. The molecular weight excluding hydrogens is 314 g/mol. The van der Waals surface area contributed by atoms with Crippen LogP contribution in [0.25, 0.3) is 0 Å². The molecule has 1 saturated carbocycles. The minimum atomic E-state index is 0.287. The average Bonchev–Trinajstić information content (AvgIpc) is 2.57. The summed E-state index contributed by atoms with van der Waals surface area (Å²) in [6, 6.07) is 8.06. The zero-order valence-electron chi connectivity index (χ0n) is 13.1. The highest BCUT2D eigenvalue weighted by Gasteiger charge is 2.15. The lowest BCUT2D eigenvalue weighted by molar-refractivity contribution is 0.379. The second kappa shape index (κ2) is 7.46. The van der Waals surface area contributed by atoms with Gasteiger partial charge in [0.05, 0.1) is 7.11 Å². The standard InChI is InChI=1S/C16H20ClN5O/c1-23-16-21-14(18-12-5-3-2-4-6-12)20-15(22-16)19-13-9-7-11(17)8-10-13/h7-10,12H,2-6H2,1H3,(H2,18,19,20,21,22). The largest absolute Gasteiger partial charge is 0.467 e. The molecule has 2 N–H and O–H groups in total. The van der Waals surface area contributed by atoms with E-state index in [1.165, 1.54) is 19.3 Å². The number of nitrogens with zero attached hydrogens (tertiary/aromatic N) is 3. The van der Waals surface area contributed by atoms with Crippen LogP contribution in [0.4, 0.5) is 17.6 Å². The van der Waals surface area contributed by atoms with Crippen molar-refractivity contribution in [2.45, 2.75) is 38.1 Å². The molecule has 1 fully saturated rings. The molecule has 1 heterocycles. The molecule has 1 aliphatic rings. The molecule has 0 saturated heterocycles. The quantitative estimate of drug-likeness (QED) is 0.861. The van der Waals surface area contributed by atoms with Gasteiger partial charge in [0.25, 0.3) is 0 Å². The molecule has 0 spiro atoms. The minimum Gasteiger partial charge on any atom is -0.467 e. The summed E-state index contributed by atoms with van der Waals surface area (Å²) < 4.78 is 5.18. The van der Waals surface area contributed by atoms with Gasteiger partial charge < -0.3 is 15.4 Å². The third-order valence-corrected chi connectivity index (χ3v) is 4.09. The molecule has 0 unspecified atom stereocenters. The van der Waals surface area contributed by atoms with E-state index in [0.29, 0.717) is 23.0 Å². The summed E-state index contributed by atoms with van der Waals surface area (Å²) in [5, 5.41) is 7.21. The van der Waals surface area contributed by atoms with Crippen LogP contribution in [-0.2, 0) is 0 Å². The predicted octanol–water partition coefficient (Wildman–Crippen LogP) is 4.02. The first kappa shape index (κ1) is 15.8. The minimum absolute atomic E-state index is 0.287. The van der Waals surface area contributed by atoms with Gasteiger partial charge in [-0.25, -0.2) is 0 Å². The van der Waals surface area contributed by atoms with E-state index >= 15 is 0 Å². The number of halogens is 1. The van der Waals surface area contributed by atoms with Crippen LogP contribution in [0.15, 0.2) is 24.3 Å². The van der Waals surface area contributed by atoms with Gasteiger partial charge in [-0.1, -0.05) is 30.9 Å². The van der Waals surface area contributed by atoms with Gasteiger partial charge in [-0.2, -0.15) is 15.0 Å². The van der Waals surface area contributed by atoms with Gasteiger partial charge in [-0.3, -0.25) is 0 Å². The third kappa shape index (κ3) is 4.45. The second-order valence-corrected chi connectivity index (χ2v) is 6.02. The van der Waals surface area contributed by atoms with Gasteiger partial charge >= 0.3 is 6.01 Å². The van der Waals surface area contributed by atoms with E-state index in [2.05, 4.69) is 25.6 Å². The highest BCUT2D eigenvalue weighted by Crippen LogP contribution is 2.22. The third-order valence-electron chi connectivity index (χ3n) is 3.84. The van der Waals surface area contributed by atoms with Gasteiger partial charge in [0.2, 0.25) is 11.9 Å². The van der Waals surface area contributed by atoms with Crippen molar-refractivity contribution in [1.29, 1.82) is 0 Å². The summed E-state index contributed by atoms with van der Waals surface area (Å²) >= 11 is 5.90.